The van der Waals surface area contributed by atoms with Crippen LogP contribution in [0.15, 0.2) is 90.0 Å². The van der Waals surface area contributed by atoms with E-state index >= 15 is 0 Å². The molecule has 0 amide bonds. The second-order valence-electron chi connectivity index (χ2n) is 8.73. The molecule has 2 unspecified atom stereocenters. The molecule has 0 radical (unpaired) electrons. The third kappa shape index (κ3) is 5.89. The van der Waals surface area contributed by atoms with Crippen molar-refractivity contribution in [2.24, 2.45) is 10.9 Å². The minimum Gasteiger partial charge on any atom is -0.492 e. The van der Waals surface area contributed by atoms with Gasteiger partial charge in [0, 0.05) is 22.5 Å². The maximum Gasteiger partial charge on any atom is 0.129 e. The molecule has 0 saturated carbocycles. The van der Waals surface area contributed by atoms with Crippen LogP contribution in [0.5, 0.6) is 5.75 Å². The molecule has 3 heteroatoms. The van der Waals surface area contributed by atoms with Crippen LogP contribution in [0.1, 0.15) is 35.6 Å². The van der Waals surface area contributed by atoms with Crippen molar-refractivity contribution < 1.29 is 4.74 Å². The fourth-order valence-electron chi connectivity index (χ4n) is 4.21. The maximum atomic E-state index is 6.46. The molecule has 0 aliphatic heterocycles. The number of hydrogen-bond donors (Lipinski definition) is 0. The summed E-state index contributed by atoms with van der Waals surface area (Å²) >= 11 is 0. The van der Waals surface area contributed by atoms with E-state index in [1.807, 2.05) is 30.3 Å². The summed E-state index contributed by atoms with van der Waals surface area (Å²) in [4.78, 5) is 4.90. The monoisotopic (exact) mass is 453 g/mol. The van der Waals surface area contributed by atoms with Gasteiger partial charge in [0.1, 0.15) is 5.75 Å². The van der Waals surface area contributed by atoms with E-state index < -0.39 is 0 Å². The lowest BCUT2D eigenvalue weighted by Gasteiger charge is -2.20. The fourth-order valence-corrected chi connectivity index (χ4v) is 5.84. The Morgan fingerprint density at radius 1 is 0.970 bits per heavy atom. The molecule has 2 nitrogen and oxygen atoms in total. The number of benzene rings is 3. The van der Waals surface area contributed by atoms with Gasteiger partial charge in [0.05, 0.1) is 12.3 Å². The van der Waals surface area contributed by atoms with Crippen molar-refractivity contribution in [3.05, 3.63) is 107 Å². The minimum absolute atomic E-state index is 0.432. The Labute approximate surface area is 199 Å². The SMILES string of the molecule is CC(=Nc1ccccc1)c1cccc(C)c1Pc1cc(C)cc(C)c1OCC1C=CC=CC1. The molecule has 0 spiro atoms. The van der Waals surface area contributed by atoms with Gasteiger partial charge in [0.15, 0.2) is 0 Å². The highest BCUT2D eigenvalue weighted by atomic mass is 31.1. The molecule has 33 heavy (non-hydrogen) atoms. The molecule has 0 bridgehead atoms. The van der Waals surface area contributed by atoms with E-state index in [1.165, 1.54) is 32.9 Å². The predicted octanol–water partition coefficient (Wildman–Crippen LogP) is 6.89. The van der Waals surface area contributed by atoms with Crippen molar-refractivity contribution in [1.82, 2.24) is 0 Å². The van der Waals surface area contributed by atoms with Gasteiger partial charge in [0.25, 0.3) is 0 Å². The van der Waals surface area contributed by atoms with E-state index in [4.69, 9.17) is 9.73 Å². The first-order valence-corrected chi connectivity index (χ1v) is 12.6. The molecule has 0 heterocycles. The van der Waals surface area contributed by atoms with Gasteiger partial charge in [-0.2, -0.15) is 0 Å². The molecule has 4 rings (SSSR count). The Hall–Kier alpha value is -2.96. The van der Waals surface area contributed by atoms with Gasteiger partial charge >= 0.3 is 0 Å². The zero-order valence-corrected chi connectivity index (χ0v) is 20.9. The lowest BCUT2D eigenvalue weighted by atomic mass is 10.0. The molecule has 0 saturated heterocycles. The van der Waals surface area contributed by atoms with Gasteiger partial charge < -0.3 is 4.74 Å². The number of allylic oxidation sites excluding steroid dienone is 3. The van der Waals surface area contributed by atoms with Crippen LogP contribution in [0.25, 0.3) is 0 Å². The number of aliphatic imine (C=N–C) groups is 1. The zero-order chi connectivity index (χ0) is 23.2. The van der Waals surface area contributed by atoms with Gasteiger partial charge in [-0.15, -0.1) is 0 Å². The number of hydrogen-bond acceptors (Lipinski definition) is 2. The topological polar surface area (TPSA) is 21.6 Å². The highest BCUT2D eigenvalue weighted by molar-refractivity contribution is 7.56. The Kier molecular flexibility index (Phi) is 7.57. The third-order valence-electron chi connectivity index (χ3n) is 5.91. The number of ether oxygens (including phenoxy) is 1. The minimum atomic E-state index is 0.432. The van der Waals surface area contributed by atoms with Gasteiger partial charge in [-0.25, -0.2) is 0 Å². The first-order valence-electron chi connectivity index (χ1n) is 11.6. The molecule has 1 aliphatic rings. The van der Waals surface area contributed by atoms with Crippen LogP contribution in [0.4, 0.5) is 5.69 Å². The molecule has 0 aromatic heterocycles. The summed E-state index contributed by atoms with van der Waals surface area (Å²) in [5.74, 6) is 1.47. The quantitative estimate of drug-likeness (QED) is 0.282. The molecule has 3 aromatic carbocycles. The summed E-state index contributed by atoms with van der Waals surface area (Å²) in [5, 5.41) is 2.61. The average molecular weight is 454 g/mol. The summed E-state index contributed by atoms with van der Waals surface area (Å²) in [6.07, 6.45) is 9.73. The molecule has 1 aliphatic carbocycles. The van der Waals surface area contributed by atoms with Crippen LogP contribution in [0.2, 0.25) is 0 Å². The normalized spacial score (nSPS) is 16.0. The first-order chi connectivity index (χ1) is 16.0. The Balaban J connectivity index is 1.67. The largest absolute Gasteiger partial charge is 0.492 e. The Morgan fingerprint density at radius 2 is 1.79 bits per heavy atom. The summed E-state index contributed by atoms with van der Waals surface area (Å²) < 4.78 is 6.46. The molecule has 3 aromatic rings. The van der Waals surface area contributed by atoms with Crippen molar-refractivity contribution in [1.29, 1.82) is 0 Å². The predicted molar refractivity (Wildman–Crippen MR) is 145 cm³/mol. The fraction of sp³-hybridized carbons (Fsp3) is 0.233. The van der Waals surface area contributed by atoms with E-state index in [2.05, 4.69) is 82.3 Å². The second-order valence-corrected chi connectivity index (χ2v) is 10.0. The average Bonchev–Trinajstić information content (AvgIpc) is 2.81. The van der Waals surface area contributed by atoms with Crippen molar-refractivity contribution in [2.45, 2.75) is 34.1 Å². The smallest absolute Gasteiger partial charge is 0.129 e. The van der Waals surface area contributed by atoms with Crippen molar-refractivity contribution >= 4 is 30.6 Å². The van der Waals surface area contributed by atoms with E-state index in [0.717, 1.165) is 23.6 Å². The van der Waals surface area contributed by atoms with Crippen molar-refractivity contribution in [2.75, 3.05) is 6.61 Å². The van der Waals surface area contributed by atoms with Crippen LogP contribution >= 0.6 is 8.58 Å². The lowest BCUT2D eigenvalue weighted by Crippen LogP contribution is -2.19. The number of rotatable bonds is 7. The van der Waals surface area contributed by atoms with Crippen LogP contribution < -0.4 is 15.3 Å². The zero-order valence-electron chi connectivity index (χ0n) is 19.9. The van der Waals surface area contributed by atoms with Crippen LogP contribution in [-0.2, 0) is 0 Å². The molecular formula is C30H32NOP. The van der Waals surface area contributed by atoms with Gasteiger partial charge in [-0.3, -0.25) is 4.99 Å². The first kappa shape index (κ1) is 23.2. The van der Waals surface area contributed by atoms with Crippen molar-refractivity contribution in [3.63, 3.8) is 0 Å². The van der Waals surface area contributed by atoms with E-state index in [1.54, 1.807) is 0 Å². The summed E-state index contributed by atoms with van der Waals surface area (Å²) in [7, 11) is 0.501. The van der Waals surface area contributed by atoms with E-state index in [-0.39, 0.29) is 0 Å². The van der Waals surface area contributed by atoms with Gasteiger partial charge in [0.2, 0.25) is 0 Å². The highest BCUT2D eigenvalue weighted by Gasteiger charge is 2.16. The molecular weight excluding hydrogens is 421 g/mol. The molecule has 2 atom stereocenters. The van der Waals surface area contributed by atoms with E-state index in [0.29, 0.717) is 21.1 Å². The maximum absolute atomic E-state index is 6.46. The van der Waals surface area contributed by atoms with Crippen LogP contribution in [-0.4, -0.2) is 12.3 Å². The number of para-hydroxylation sites is 1. The summed E-state index contributed by atoms with van der Waals surface area (Å²) in [6.45, 7) is 9.34. The highest BCUT2D eigenvalue weighted by Crippen LogP contribution is 2.28. The summed E-state index contributed by atoms with van der Waals surface area (Å²) in [6, 6.07) is 21.2. The standard InChI is InChI=1S/C30H32NOP/c1-21-18-23(3)29(32-20-25-13-7-5-8-14-25)28(19-21)33-30-22(2)12-11-17-27(30)24(4)31-26-15-9-6-10-16-26/h5-13,15-19,25,33H,14,20H2,1-4H3. The second kappa shape index (κ2) is 10.8. The van der Waals surface area contributed by atoms with Gasteiger partial charge in [-0.1, -0.05) is 75.3 Å². The van der Waals surface area contributed by atoms with Crippen LogP contribution in [0, 0.1) is 26.7 Å². The lowest BCUT2D eigenvalue weighted by molar-refractivity contribution is 0.276. The van der Waals surface area contributed by atoms with Crippen LogP contribution in [0.3, 0.4) is 0 Å². The number of aryl methyl sites for hydroxylation is 3. The number of nitrogens with zero attached hydrogens (tertiary/aromatic N) is 1. The molecule has 0 N–H and O–H groups in total. The Morgan fingerprint density at radius 3 is 2.55 bits per heavy atom. The third-order valence-corrected chi connectivity index (χ3v) is 7.46. The Bertz CT molecular complexity index is 1210. The van der Waals surface area contributed by atoms with E-state index in [9.17, 15) is 0 Å². The molecule has 168 valence electrons. The molecule has 0 fully saturated rings. The van der Waals surface area contributed by atoms with Gasteiger partial charge in [-0.05, 0) is 74.3 Å². The van der Waals surface area contributed by atoms with Crippen molar-refractivity contribution in [3.8, 4) is 5.75 Å². The summed E-state index contributed by atoms with van der Waals surface area (Å²) in [5.41, 5.74) is 7.00.